The van der Waals surface area contributed by atoms with Crippen LogP contribution in [-0.2, 0) is 9.59 Å². The van der Waals surface area contributed by atoms with Crippen molar-refractivity contribution in [3.63, 3.8) is 0 Å². The molecule has 2 aliphatic heterocycles. The maximum Gasteiger partial charge on any atom is 0.243 e. The van der Waals surface area contributed by atoms with Crippen LogP contribution in [0.25, 0.3) is 0 Å². The predicted molar refractivity (Wildman–Crippen MR) is 78.7 cm³/mol. The van der Waals surface area contributed by atoms with Crippen molar-refractivity contribution in [2.75, 3.05) is 19.6 Å². The lowest BCUT2D eigenvalue weighted by Crippen LogP contribution is -2.46. The highest BCUT2D eigenvalue weighted by Crippen LogP contribution is 2.24. The van der Waals surface area contributed by atoms with Gasteiger partial charge < -0.3 is 15.5 Å². The number of carbonyl (C=O) groups is 2. The van der Waals surface area contributed by atoms with Gasteiger partial charge in [0, 0.05) is 19.0 Å². The first kappa shape index (κ1) is 15.6. The number of nitrogens with zero attached hydrogens (tertiary/aromatic N) is 1. The third-order valence-electron chi connectivity index (χ3n) is 4.43. The zero-order valence-corrected chi connectivity index (χ0v) is 12.6. The molecule has 2 amide bonds. The smallest absolute Gasteiger partial charge is 0.243 e. The van der Waals surface area contributed by atoms with E-state index in [0.29, 0.717) is 18.4 Å². The van der Waals surface area contributed by atoms with Crippen LogP contribution in [0.15, 0.2) is 0 Å². The molecule has 2 saturated heterocycles. The number of hydrogen-bond donors (Lipinski definition) is 2. The molecule has 3 fully saturated rings. The monoisotopic (exact) mass is 301 g/mol. The summed E-state index contributed by atoms with van der Waals surface area (Å²) < 4.78 is 0. The Hall–Kier alpha value is -0.810. The van der Waals surface area contributed by atoms with Gasteiger partial charge in [-0.15, -0.1) is 12.4 Å². The molecule has 5 nitrogen and oxygen atoms in total. The molecule has 1 aliphatic carbocycles. The predicted octanol–water partition coefficient (Wildman–Crippen LogP) is 0.677. The van der Waals surface area contributed by atoms with Crippen LogP contribution in [0.4, 0.5) is 0 Å². The van der Waals surface area contributed by atoms with Crippen LogP contribution in [0.3, 0.4) is 0 Å². The van der Waals surface area contributed by atoms with Crippen LogP contribution in [0.2, 0.25) is 0 Å². The number of halogens is 1. The molecule has 0 radical (unpaired) electrons. The van der Waals surface area contributed by atoms with E-state index < -0.39 is 0 Å². The van der Waals surface area contributed by atoms with Crippen LogP contribution >= 0.6 is 12.4 Å². The first-order chi connectivity index (χ1) is 9.24. The van der Waals surface area contributed by atoms with Crippen LogP contribution in [0.1, 0.15) is 38.5 Å². The Kier molecular flexibility index (Phi) is 5.27. The maximum absolute atomic E-state index is 12.3. The molecule has 1 saturated carbocycles. The lowest BCUT2D eigenvalue weighted by atomic mass is 10.0. The van der Waals surface area contributed by atoms with Gasteiger partial charge in [-0.2, -0.15) is 0 Å². The number of amides is 2. The van der Waals surface area contributed by atoms with Crippen molar-refractivity contribution < 1.29 is 9.59 Å². The van der Waals surface area contributed by atoms with Gasteiger partial charge >= 0.3 is 0 Å². The molecule has 0 aromatic rings. The SMILES string of the molecule is Cl.O=C(NC1CC1)C1CCCN1C(=O)CC1CCNC1. The quantitative estimate of drug-likeness (QED) is 0.803. The zero-order valence-electron chi connectivity index (χ0n) is 11.8. The third-order valence-corrected chi connectivity index (χ3v) is 4.43. The summed E-state index contributed by atoms with van der Waals surface area (Å²) in [5.74, 6) is 0.695. The van der Waals surface area contributed by atoms with Crippen LogP contribution < -0.4 is 10.6 Å². The highest BCUT2D eigenvalue weighted by molar-refractivity contribution is 5.88. The minimum atomic E-state index is -0.206. The zero-order chi connectivity index (χ0) is 13.2. The number of hydrogen-bond acceptors (Lipinski definition) is 3. The maximum atomic E-state index is 12.3. The summed E-state index contributed by atoms with van der Waals surface area (Å²) in [4.78, 5) is 26.3. The van der Waals surface area contributed by atoms with E-state index in [2.05, 4.69) is 10.6 Å². The summed E-state index contributed by atoms with van der Waals surface area (Å²) in [6, 6.07) is 0.173. The normalized spacial score (nSPS) is 29.1. The van der Waals surface area contributed by atoms with Crippen molar-refractivity contribution >= 4 is 24.2 Å². The highest BCUT2D eigenvalue weighted by Gasteiger charge is 2.37. The Labute approximate surface area is 126 Å². The lowest BCUT2D eigenvalue weighted by molar-refractivity contribution is -0.139. The van der Waals surface area contributed by atoms with Gasteiger partial charge in [0.1, 0.15) is 6.04 Å². The first-order valence-corrected chi connectivity index (χ1v) is 7.54. The summed E-state index contributed by atoms with van der Waals surface area (Å²) in [5, 5.41) is 6.32. The van der Waals surface area contributed by atoms with Gasteiger partial charge in [-0.05, 0) is 51.1 Å². The fraction of sp³-hybridized carbons (Fsp3) is 0.857. The lowest BCUT2D eigenvalue weighted by Gasteiger charge is -2.25. The molecule has 0 aromatic heterocycles. The number of rotatable bonds is 4. The third kappa shape index (κ3) is 3.64. The van der Waals surface area contributed by atoms with Gasteiger partial charge in [0.2, 0.25) is 11.8 Å². The Bertz CT molecular complexity index is 367. The topological polar surface area (TPSA) is 61.4 Å². The first-order valence-electron chi connectivity index (χ1n) is 7.54. The van der Waals surface area contributed by atoms with Gasteiger partial charge in [-0.25, -0.2) is 0 Å². The van der Waals surface area contributed by atoms with E-state index in [4.69, 9.17) is 0 Å². The van der Waals surface area contributed by atoms with Crippen molar-refractivity contribution in [2.24, 2.45) is 5.92 Å². The van der Waals surface area contributed by atoms with E-state index in [0.717, 1.165) is 51.7 Å². The summed E-state index contributed by atoms with van der Waals surface area (Å²) in [5.41, 5.74) is 0. The van der Waals surface area contributed by atoms with Gasteiger partial charge in [-0.1, -0.05) is 0 Å². The molecule has 0 spiro atoms. The summed E-state index contributed by atoms with van der Waals surface area (Å²) in [7, 11) is 0. The Balaban J connectivity index is 0.00000147. The average molecular weight is 302 g/mol. The Morgan fingerprint density at radius 3 is 2.65 bits per heavy atom. The molecule has 2 heterocycles. The molecule has 2 atom stereocenters. The molecule has 20 heavy (non-hydrogen) atoms. The summed E-state index contributed by atoms with van der Waals surface area (Å²) in [6.45, 7) is 2.71. The molecular weight excluding hydrogens is 278 g/mol. The largest absolute Gasteiger partial charge is 0.352 e. The molecule has 3 rings (SSSR count). The standard InChI is InChI=1S/C14H23N3O2.ClH/c18-13(8-10-5-6-15-9-10)17-7-1-2-12(17)14(19)16-11-3-4-11;/h10-12,15H,1-9H2,(H,16,19);1H. The number of carbonyl (C=O) groups excluding carboxylic acids is 2. The fourth-order valence-corrected chi connectivity index (χ4v) is 3.12. The van der Waals surface area contributed by atoms with Gasteiger partial charge in [0.15, 0.2) is 0 Å². The van der Waals surface area contributed by atoms with Crippen LogP contribution in [0, 0.1) is 5.92 Å². The minimum absolute atomic E-state index is 0. The van der Waals surface area contributed by atoms with E-state index in [1.165, 1.54) is 0 Å². The molecule has 114 valence electrons. The molecular formula is C14H24ClN3O2. The minimum Gasteiger partial charge on any atom is -0.352 e. The molecule has 2 unspecified atom stereocenters. The summed E-state index contributed by atoms with van der Waals surface area (Å²) >= 11 is 0. The fourth-order valence-electron chi connectivity index (χ4n) is 3.12. The number of nitrogens with one attached hydrogen (secondary N) is 2. The second kappa shape index (κ2) is 6.76. The van der Waals surface area contributed by atoms with E-state index in [1.807, 2.05) is 4.90 Å². The van der Waals surface area contributed by atoms with Crippen molar-refractivity contribution in [1.29, 1.82) is 0 Å². The Morgan fingerprint density at radius 1 is 1.20 bits per heavy atom. The second-order valence-electron chi connectivity index (χ2n) is 6.09. The molecule has 3 aliphatic rings. The highest BCUT2D eigenvalue weighted by atomic mass is 35.5. The van der Waals surface area contributed by atoms with Crippen LogP contribution in [-0.4, -0.2) is 48.4 Å². The van der Waals surface area contributed by atoms with Crippen LogP contribution in [0.5, 0.6) is 0 Å². The Morgan fingerprint density at radius 2 is 2.00 bits per heavy atom. The van der Waals surface area contributed by atoms with Crippen molar-refractivity contribution in [2.45, 2.75) is 50.6 Å². The average Bonchev–Trinajstić information content (AvgIpc) is 2.91. The van der Waals surface area contributed by atoms with Crippen molar-refractivity contribution in [3.8, 4) is 0 Å². The summed E-state index contributed by atoms with van der Waals surface area (Å²) in [6.07, 6.45) is 5.66. The van der Waals surface area contributed by atoms with Gasteiger partial charge in [0.05, 0.1) is 0 Å². The van der Waals surface area contributed by atoms with E-state index in [1.54, 1.807) is 0 Å². The second-order valence-corrected chi connectivity index (χ2v) is 6.09. The molecule has 0 bridgehead atoms. The van der Waals surface area contributed by atoms with E-state index in [9.17, 15) is 9.59 Å². The van der Waals surface area contributed by atoms with Gasteiger partial charge in [0.25, 0.3) is 0 Å². The van der Waals surface area contributed by atoms with Crippen molar-refractivity contribution in [1.82, 2.24) is 15.5 Å². The molecule has 2 N–H and O–H groups in total. The van der Waals surface area contributed by atoms with Gasteiger partial charge in [-0.3, -0.25) is 9.59 Å². The van der Waals surface area contributed by atoms with Crippen molar-refractivity contribution in [3.05, 3.63) is 0 Å². The number of likely N-dealkylation sites (tertiary alicyclic amines) is 1. The molecule has 0 aromatic carbocycles. The van der Waals surface area contributed by atoms with E-state index >= 15 is 0 Å². The molecule has 6 heteroatoms. The van der Waals surface area contributed by atoms with E-state index in [-0.39, 0.29) is 30.3 Å².